The molecule has 3 N–H and O–H groups in total. The Morgan fingerprint density at radius 3 is 2.58 bits per heavy atom. The summed E-state index contributed by atoms with van der Waals surface area (Å²) in [5.74, 6) is 1.40. The van der Waals surface area contributed by atoms with Crippen LogP contribution in [0.4, 0.5) is 5.82 Å². The van der Waals surface area contributed by atoms with Gasteiger partial charge in [0.25, 0.3) is 0 Å². The molecule has 6 heteroatoms. The van der Waals surface area contributed by atoms with Crippen LogP contribution in [0.25, 0.3) is 11.4 Å². The minimum absolute atomic E-state index is 0.643. The van der Waals surface area contributed by atoms with Gasteiger partial charge in [0.1, 0.15) is 17.3 Å². The fourth-order valence-electron chi connectivity index (χ4n) is 2.43. The number of nitrogens with zero attached hydrogens (tertiary/aromatic N) is 3. The molecule has 0 bridgehead atoms. The molecule has 6 nitrogen and oxygen atoms in total. The van der Waals surface area contributed by atoms with Crippen LogP contribution < -0.4 is 5.32 Å². The first kappa shape index (κ1) is 15.9. The smallest absolute Gasteiger partial charge is 0.139 e. The number of hydrogen-bond acceptors (Lipinski definition) is 5. The van der Waals surface area contributed by atoms with Crippen LogP contribution >= 0.6 is 0 Å². The van der Waals surface area contributed by atoms with E-state index in [1.165, 1.54) is 11.8 Å². The number of aromatic amines is 1. The molecule has 0 aliphatic carbocycles. The molecule has 0 fully saturated rings. The average Bonchev–Trinajstić information content (AvgIpc) is 3.14. The molecule has 2 heterocycles. The van der Waals surface area contributed by atoms with Gasteiger partial charge in [-0.25, -0.2) is 9.97 Å². The highest BCUT2D eigenvalue weighted by Crippen LogP contribution is 2.24. The zero-order valence-electron chi connectivity index (χ0n) is 13.8. The summed E-state index contributed by atoms with van der Waals surface area (Å²) in [6.07, 6.45) is 3.68. The van der Waals surface area contributed by atoms with Gasteiger partial charge >= 0.3 is 0 Å². The van der Waals surface area contributed by atoms with E-state index in [1.807, 2.05) is 13.0 Å². The van der Waals surface area contributed by atoms with Gasteiger partial charge in [-0.2, -0.15) is 5.10 Å². The molecule has 2 aromatic heterocycles. The van der Waals surface area contributed by atoms with Crippen LogP contribution in [0.1, 0.15) is 29.4 Å². The van der Waals surface area contributed by atoms with Crippen LogP contribution in [0.5, 0.6) is 0 Å². The van der Waals surface area contributed by atoms with E-state index in [4.69, 9.17) is 5.41 Å². The van der Waals surface area contributed by atoms with Crippen molar-refractivity contribution < 1.29 is 0 Å². The Kier molecular flexibility index (Phi) is 4.65. The van der Waals surface area contributed by atoms with Crippen LogP contribution in [-0.4, -0.2) is 26.4 Å². The minimum atomic E-state index is 0.643. The summed E-state index contributed by atoms with van der Waals surface area (Å²) in [6, 6.07) is 10.2. The molecule has 1 aromatic carbocycles. The molecular weight excluding hydrogens is 300 g/mol. The Balaban J connectivity index is 1.95. The summed E-state index contributed by atoms with van der Waals surface area (Å²) in [4.78, 5) is 9.12. The fourth-order valence-corrected chi connectivity index (χ4v) is 2.43. The molecule has 0 spiro atoms. The van der Waals surface area contributed by atoms with E-state index >= 15 is 0 Å². The van der Waals surface area contributed by atoms with Gasteiger partial charge in [-0.1, -0.05) is 36.8 Å². The molecule has 0 amide bonds. The van der Waals surface area contributed by atoms with Gasteiger partial charge in [0, 0.05) is 25.4 Å². The number of rotatable bonds is 6. The molecule has 0 saturated carbocycles. The summed E-state index contributed by atoms with van der Waals surface area (Å²) in [5.41, 5.74) is 4.53. The number of H-pyrrole nitrogens is 1. The van der Waals surface area contributed by atoms with Crippen molar-refractivity contribution in [1.29, 1.82) is 5.41 Å². The normalized spacial score (nSPS) is 10.6. The number of aryl methyl sites for hydroxylation is 2. The number of aromatic nitrogens is 4. The Morgan fingerprint density at radius 1 is 1.17 bits per heavy atom. The first-order chi connectivity index (χ1) is 11.7. The molecule has 3 aromatic rings. The van der Waals surface area contributed by atoms with E-state index in [-0.39, 0.29) is 0 Å². The lowest BCUT2D eigenvalue weighted by atomic mass is 10.1. The Bertz CT molecular complexity index is 821. The van der Waals surface area contributed by atoms with Crippen LogP contribution in [0.3, 0.4) is 0 Å². The van der Waals surface area contributed by atoms with Crippen molar-refractivity contribution in [2.45, 2.75) is 26.8 Å². The van der Waals surface area contributed by atoms with E-state index in [1.54, 1.807) is 6.20 Å². The van der Waals surface area contributed by atoms with E-state index in [0.29, 0.717) is 23.6 Å². The summed E-state index contributed by atoms with van der Waals surface area (Å²) in [6.45, 7) is 4.72. The maximum atomic E-state index is 7.79. The third-order valence-electron chi connectivity index (χ3n) is 3.79. The second-order valence-corrected chi connectivity index (χ2v) is 5.56. The topological polar surface area (TPSA) is 90.3 Å². The lowest BCUT2D eigenvalue weighted by Crippen LogP contribution is -2.10. The zero-order valence-corrected chi connectivity index (χ0v) is 13.8. The van der Waals surface area contributed by atoms with Crippen molar-refractivity contribution in [2.75, 3.05) is 5.32 Å². The highest BCUT2D eigenvalue weighted by molar-refractivity contribution is 5.92. The molecule has 0 radical (unpaired) electrons. The first-order valence-electron chi connectivity index (χ1n) is 7.91. The summed E-state index contributed by atoms with van der Waals surface area (Å²) in [7, 11) is 0. The molecule has 0 atom stereocenters. The number of benzene rings is 1. The summed E-state index contributed by atoms with van der Waals surface area (Å²) in [5, 5.41) is 18.0. The second kappa shape index (κ2) is 7.04. The van der Waals surface area contributed by atoms with Gasteiger partial charge < -0.3 is 10.7 Å². The molecule has 0 saturated heterocycles. The molecule has 24 heavy (non-hydrogen) atoms. The van der Waals surface area contributed by atoms with Gasteiger partial charge in [0.05, 0.1) is 11.3 Å². The highest BCUT2D eigenvalue weighted by atomic mass is 15.1. The number of hydrogen-bond donors (Lipinski definition) is 3. The Morgan fingerprint density at radius 2 is 1.96 bits per heavy atom. The van der Waals surface area contributed by atoms with Gasteiger partial charge in [-0.15, -0.1) is 0 Å². The van der Waals surface area contributed by atoms with Crippen molar-refractivity contribution in [3.63, 3.8) is 0 Å². The van der Waals surface area contributed by atoms with Gasteiger partial charge in [-0.3, -0.25) is 5.10 Å². The van der Waals surface area contributed by atoms with Gasteiger partial charge in [0.2, 0.25) is 0 Å². The maximum absolute atomic E-state index is 7.79. The monoisotopic (exact) mass is 320 g/mol. The van der Waals surface area contributed by atoms with Crippen molar-refractivity contribution in [2.24, 2.45) is 0 Å². The van der Waals surface area contributed by atoms with Gasteiger partial charge in [-0.05, 0) is 18.6 Å². The first-order valence-corrected chi connectivity index (χ1v) is 7.91. The number of nitrogens with one attached hydrogen (secondary N) is 3. The van der Waals surface area contributed by atoms with Crippen molar-refractivity contribution in [3.8, 4) is 11.4 Å². The standard InChI is InChI=1S/C18H20N6/c1-3-16-22-17(15-8-9-21-24-15)14(10-19)18(23-16)20-11-13-6-4-12(2)5-7-13/h4-10,19H,3,11H2,1-2H3,(H,21,24)(H,20,22,23). The van der Waals surface area contributed by atoms with Crippen LogP contribution in [0.2, 0.25) is 0 Å². The molecule has 122 valence electrons. The predicted octanol–water partition coefficient (Wildman–Crippen LogP) is 3.35. The Hall–Kier alpha value is -3.02. The van der Waals surface area contributed by atoms with Crippen LogP contribution in [0.15, 0.2) is 36.5 Å². The van der Waals surface area contributed by atoms with E-state index in [9.17, 15) is 0 Å². The van der Waals surface area contributed by atoms with Crippen molar-refractivity contribution >= 4 is 12.0 Å². The quantitative estimate of drug-likeness (QED) is 0.608. The summed E-state index contributed by atoms with van der Waals surface area (Å²) < 4.78 is 0. The largest absolute Gasteiger partial charge is 0.365 e. The van der Waals surface area contributed by atoms with E-state index in [0.717, 1.165) is 23.5 Å². The van der Waals surface area contributed by atoms with Crippen molar-refractivity contribution in [3.05, 3.63) is 59.0 Å². The van der Waals surface area contributed by atoms with Crippen molar-refractivity contribution in [1.82, 2.24) is 20.2 Å². The van der Waals surface area contributed by atoms with Crippen LogP contribution in [-0.2, 0) is 13.0 Å². The molecular formula is C18H20N6. The maximum Gasteiger partial charge on any atom is 0.139 e. The Labute approximate surface area is 140 Å². The molecule has 0 aliphatic heterocycles. The predicted molar refractivity (Wildman–Crippen MR) is 95.4 cm³/mol. The zero-order chi connectivity index (χ0) is 16.9. The van der Waals surface area contributed by atoms with Crippen LogP contribution in [0, 0.1) is 12.3 Å². The van der Waals surface area contributed by atoms with E-state index < -0.39 is 0 Å². The fraction of sp³-hybridized carbons (Fsp3) is 0.222. The lowest BCUT2D eigenvalue weighted by molar-refractivity contribution is 0.929. The number of anilines is 1. The second-order valence-electron chi connectivity index (χ2n) is 5.56. The molecule has 0 aliphatic rings. The summed E-state index contributed by atoms with van der Waals surface area (Å²) >= 11 is 0. The lowest BCUT2D eigenvalue weighted by Gasteiger charge is -2.13. The van der Waals surface area contributed by atoms with E-state index in [2.05, 4.69) is 56.7 Å². The highest BCUT2D eigenvalue weighted by Gasteiger charge is 2.14. The third kappa shape index (κ3) is 3.32. The molecule has 3 rings (SSSR count). The average molecular weight is 320 g/mol. The SMILES string of the molecule is CCc1nc(NCc2ccc(C)cc2)c(C=N)c(-c2ccn[nH]2)n1. The minimum Gasteiger partial charge on any atom is -0.365 e. The third-order valence-corrected chi connectivity index (χ3v) is 3.79. The van der Waals surface area contributed by atoms with Gasteiger partial charge in [0.15, 0.2) is 0 Å². The molecule has 0 unspecified atom stereocenters.